The lowest BCUT2D eigenvalue weighted by Gasteiger charge is -2.37. The van der Waals surface area contributed by atoms with Gasteiger partial charge in [-0.1, -0.05) is 0 Å². The Morgan fingerprint density at radius 2 is 1.83 bits per heavy atom. The van der Waals surface area contributed by atoms with Gasteiger partial charge in [0.15, 0.2) is 0 Å². The van der Waals surface area contributed by atoms with Gasteiger partial charge in [-0.3, -0.25) is 5.32 Å². The predicted octanol–water partition coefficient (Wildman–Crippen LogP) is -0.0940. The van der Waals surface area contributed by atoms with E-state index >= 15 is 0 Å². The Labute approximate surface area is 73.6 Å². The SMILES string of the molecule is CCOC1(OCC)CNCCN1. The van der Waals surface area contributed by atoms with Gasteiger partial charge in [-0.25, -0.2) is 0 Å². The highest BCUT2D eigenvalue weighted by Gasteiger charge is 2.32. The summed E-state index contributed by atoms with van der Waals surface area (Å²) < 4.78 is 11.0. The lowest BCUT2D eigenvalue weighted by atomic mass is 10.3. The van der Waals surface area contributed by atoms with Crippen LogP contribution in [0.4, 0.5) is 0 Å². The maximum absolute atomic E-state index is 5.52. The van der Waals surface area contributed by atoms with Crippen molar-refractivity contribution in [3.8, 4) is 0 Å². The van der Waals surface area contributed by atoms with Gasteiger partial charge >= 0.3 is 0 Å². The van der Waals surface area contributed by atoms with E-state index < -0.39 is 5.91 Å². The fraction of sp³-hybridized carbons (Fsp3) is 1.00. The molecule has 0 bridgehead atoms. The van der Waals surface area contributed by atoms with Crippen molar-refractivity contribution in [3.63, 3.8) is 0 Å². The zero-order chi connectivity index (χ0) is 8.86. The van der Waals surface area contributed by atoms with Gasteiger partial charge in [0.25, 0.3) is 0 Å². The summed E-state index contributed by atoms with van der Waals surface area (Å²) in [5.41, 5.74) is 0. The van der Waals surface area contributed by atoms with Crippen molar-refractivity contribution in [1.82, 2.24) is 10.6 Å². The van der Waals surface area contributed by atoms with Crippen LogP contribution in [0.1, 0.15) is 13.8 Å². The van der Waals surface area contributed by atoms with E-state index in [4.69, 9.17) is 9.47 Å². The molecular formula is C8H18N2O2. The molecule has 4 nitrogen and oxygen atoms in total. The molecule has 4 heteroatoms. The molecule has 0 aromatic carbocycles. The molecule has 0 spiro atoms. The minimum absolute atomic E-state index is 0.582. The Bertz CT molecular complexity index is 109. The molecule has 0 aromatic rings. The van der Waals surface area contributed by atoms with Gasteiger partial charge in [0.2, 0.25) is 5.91 Å². The number of hydrogen-bond donors (Lipinski definition) is 2. The first kappa shape index (κ1) is 9.92. The summed E-state index contributed by atoms with van der Waals surface area (Å²) in [6.07, 6.45) is 0. The van der Waals surface area contributed by atoms with Crippen molar-refractivity contribution in [2.24, 2.45) is 0 Å². The average Bonchev–Trinajstić information content (AvgIpc) is 2.07. The first-order chi connectivity index (χ1) is 5.83. The molecule has 1 aliphatic heterocycles. The maximum atomic E-state index is 5.52. The smallest absolute Gasteiger partial charge is 0.240 e. The van der Waals surface area contributed by atoms with Gasteiger partial charge in [-0.05, 0) is 13.8 Å². The molecule has 1 heterocycles. The van der Waals surface area contributed by atoms with Crippen LogP contribution in [-0.2, 0) is 9.47 Å². The molecule has 0 amide bonds. The Balaban J connectivity index is 2.44. The Morgan fingerprint density at radius 1 is 1.17 bits per heavy atom. The molecule has 0 unspecified atom stereocenters. The summed E-state index contributed by atoms with van der Waals surface area (Å²) in [6.45, 7) is 7.84. The highest BCUT2D eigenvalue weighted by molar-refractivity contribution is 4.76. The Morgan fingerprint density at radius 3 is 2.25 bits per heavy atom. The predicted molar refractivity (Wildman–Crippen MR) is 46.9 cm³/mol. The maximum Gasteiger partial charge on any atom is 0.240 e. The van der Waals surface area contributed by atoms with Crippen molar-refractivity contribution in [2.45, 2.75) is 19.8 Å². The highest BCUT2D eigenvalue weighted by atomic mass is 16.7. The van der Waals surface area contributed by atoms with Crippen molar-refractivity contribution in [1.29, 1.82) is 0 Å². The van der Waals surface area contributed by atoms with E-state index in [-0.39, 0.29) is 0 Å². The zero-order valence-corrected chi connectivity index (χ0v) is 7.85. The lowest BCUT2D eigenvalue weighted by Crippen LogP contribution is -2.62. The minimum atomic E-state index is -0.582. The monoisotopic (exact) mass is 174 g/mol. The number of nitrogens with one attached hydrogen (secondary N) is 2. The third kappa shape index (κ3) is 2.42. The number of hydrogen-bond acceptors (Lipinski definition) is 4. The van der Waals surface area contributed by atoms with E-state index in [0.29, 0.717) is 19.8 Å². The molecule has 1 saturated heterocycles. The molecule has 0 aromatic heterocycles. The van der Waals surface area contributed by atoms with Gasteiger partial charge in [0.05, 0.1) is 6.54 Å². The molecular weight excluding hydrogens is 156 g/mol. The van der Waals surface area contributed by atoms with Crippen molar-refractivity contribution in [2.75, 3.05) is 32.8 Å². The molecule has 1 aliphatic rings. The van der Waals surface area contributed by atoms with Gasteiger partial charge in [0.1, 0.15) is 0 Å². The summed E-state index contributed by atoms with van der Waals surface area (Å²) in [6, 6.07) is 0. The number of rotatable bonds is 4. The molecule has 1 rings (SSSR count). The Hall–Kier alpha value is -0.160. The zero-order valence-electron chi connectivity index (χ0n) is 7.85. The van der Waals surface area contributed by atoms with E-state index in [1.54, 1.807) is 0 Å². The summed E-state index contributed by atoms with van der Waals surface area (Å²) in [4.78, 5) is 0. The topological polar surface area (TPSA) is 42.5 Å². The van der Waals surface area contributed by atoms with Crippen LogP contribution >= 0.6 is 0 Å². The van der Waals surface area contributed by atoms with E-state index in [1.807, 2.05) is 13.8 Å². The summed E-state index contributed by atoms with van der Waals surface area (Å²) in [5, 5.41) is 6.46. The van der Waals surface area contributed by atoms with Crippen molar-refractivity contribution in [3.05, 3.63) is 0 Å². The fourth-order valence-electron chi connectivity index (χ4n) is 1.37. The third-order valence-electron chi connectivity index (χ3n) is 1.81. The van der Waals surface area contributed by atoms with Gasteiger partial charge in [0, 0.05) is 26.3 Å². The summed E-state index contributed by atoms with van der Waals surface area (Å²) >= 11 is 0. The lowest BCUT2D eigenvalue weighted by molar-refractivity contribution is -0.254. The standard InChI is InChI=1S/C8H18N2O2/c1-3-11-8(12-4-2)7-9-5-6-10-8/h9-10H,3-7H2,1-2H3. The van der Waals surface area contributed by atoms with Crippen LogP contribution in [0.25, 0.3) is 0 Å². The fourth-order valence-corrected chi connectivity index (χ4v) is 1.37. The molecule has 12 heavy (non-hydrogen) atoms. The van der Waals surface area contributed by atoms with E-state index in [9.17, 15) is 0 Å². The highest BCUT2D eigenvalue weighted by Crippen LogP contribution is 2.10. The van der Waals surface area contributed by atoms with E-state index in [0.717, 1.165) is 13.1 Å². The first-order valence-corrected chi connectivity index (χ1v) is 4.56. The summed E-state index contributed by atoms with van der Waals surface area (Å²) in [5.74, 6) is -0.582. The second-order valence-corrected chi connectivity index (χ2v) is 2.72. The molecule has 0 atom stereocenters. The second-order valence-electron chi connectivity index (χ2n) is 2.72. The molecule has 0 aliphatic carbocycles. The second kappa shape index (κ2) is 4.77. The minimum Gasteiger partial charge on any atom is -0.337 e. The number of piperazine rings is 1. The molecule has 72 valence electrons. The van der Waals surface area contributed by atoms with Crippen LogP contribution < -0.4 is 10.6 Å². The first-order valence-electron chi connectivity index (χ1n) is 4.56. The van der Waals surface area contributed by atoms with Crippen LogP contribution in [0.2, 0.25) is 0 Å². The summed E-state index contributed by atoms with van der Waals surface area (Å²) in [7, 11) is 0. The molecule has 0 saturated carbocycles. The molecule has 1 fully saturated rings. The van der Waals surface area contributed by atoms with Gasteiger partial charge in [-0.15, -0.1) is 0 Å². The van der Waals surface area contributed by atoms with Crippen LogP contribution in [0.15, 0.2) is 0 Å². The molecule has 2 N–H and O–H groups in total. The van der Waals surface area contributed by atoms with Crippen LogP contribution in [0.3, 0.4) is 0 Å². The Kier molecular flexibility index (Phi) is 3.94. The van der Waals surface area contributed by atoms with E-state index in [1.165, 1.54) is 0 Å². The normalized spacial score (nSPS) is 22.5. The average molecular weight is 174 g/mol. The van der Waals surface area contributed by atoms with Crippen molar-refractivity contribution < 1.29 is 9.47 Å². The van der Waals surface area contributed by atoms with Crippen LogP contribution in [-0.4, -0.2) is 38.8 Å². The van der Waals surface area contributed by atoms with Crippen LogP contribution in [0.5, 0.6) is 0 Å². The largest absolute Gasteiger partial charge is 0.337 e. The van der Waals surface area contributed by atoms with Crippen molar-refractivity contribution >= 4 is 0 Å². The molecule has 0 radical (unpaired) electrons. The van der Waals surface area contributed by atoms with Gasteiger partial charge in [-0.2, -0.15) is 0 Å². The van der Waals surface area contributed by atoms with Crippen LogP contribution in [0, 0.1) is 0 Å². The van der Waals surface area contributed by atoms with E-state index in [2.05, 4.69) is 10.6 Å². The third-order valence-corrected chi connectivity index (χ3v) is 1.81. The number of ether oxygens (including phenoxy) is 2. The van der Waals surface area contributed by atoms with Gasteiger partial charge < -0.3 is 14.8 Å². The quantitative estimate of drug-likeness (QED) is 0.584.